The lowest BCUT2D eigenvalue weighted by atomic mass is 9.80. The number of rotatable bonds is 3. The smallest absolute Gasteiger partial charge is 0.407 e. The fraction of sp³-hybridized carbons (Fsp3) is 0.533. The van der Waals surface area contributed by atoms with Crippen molar-refractivity contribution in [1.82, 2.24) is 4.90 Å². The molecule has 0 bridgehead atoms. The summed E-state index contributed by atoms with van der Waals surface area (Å²) in [5.74, 6) is 0. The lowest BCUT2D eigenvalue weighted by Crippen LogP contribution is -2.55. The molecular weight excluding hydrogens is 240 g/mol. The summed E-state index contributed by atoms with van der Waals surface area (Å²) < 4.78 is 0. The molecule has 0 radical (unpaired) electrons. The average molecular weight is 262 g/mol. The molecule has 19 heavy (non-hydrogen) atoms. The number of likely N-dealkylation sites (tertiary alicyclic amines) is 1. The van der Waals surface area contributed by atoms with Crippen LogP contribution in [0.4, 0.5) is 4.79 Å². The van der Waals surface area contributed by atoms with Gasteiger partial charge in [0.2, 0.25) is 0 Å². The van der Waals surface area contributed by atoms with Gasteiger partial charge in [-0.05, 0) is 38.2 Å². The van der Waals surface area contributed by atoms with Gasteiger partial charge in [0.25, 0.3) is 0 Å². The fourth-order valence-corrected chi connectivity index (χ4v) is 2.91. The minimum atomic E-state index is -0.836. The van der Waals surface area contributed by atoms with E-state index in [0.717, 1.165) is 25.7 Å². The SMILES string of the molecule is CC1CC(N)(CCc2ccccc2)CCN1C(=O)O. The van der Waals surface area contributed by atoms with Crippen molar-refractivity contribution in [2.75, 3.05) is 6.54 Å². The highest BCUT2D eigenvalue weighted by molar-refractivity contribution is 5.65. The van der Waals surface area contributed by atoms with Crippen molar-refractivity contribution < 1.29 is 9.90 Å². The Balaban J connectivity index is 1.92. The van der Waals surface area contributed by atoms with E-state index in [2.05, 4.69) is 12.1 Å². The summed E-state index contributed by atoms with van der Waals surface area (Å²) in [6.07, 6.45) is 2.52. The lowest BCUT2D eigenvalue weighted by Gasteiger charge is -2.42. The number of hydrogen-bond acceptors (Lipinski definition) is 2. The molecule has 1 aliphatic heterocycles. The van der Waals surface area contributed by atoms with Crippen molar-refractivity contribution in [3.05, 3.63) is 35.9 Å². The van der Waals surface area contributed by atoms with Gasteiger partial charge in [-0.2, -0.15) is 0 Å². The molecule has 4 nitrogen and oxygen atoms in total. The summed E-state index contributed by atoms with van der Waals surface area (Å²) in [6.45, 7) is 2.49. The van der Waals surface area contributed by atoms with Crippen LogP contribution in [-0.4, -0.2) is 34.2 Å². The standard InChI is InChI=1S/C15H22N2O2/c1-12-11-15(16,9-10-17(12)14(18)19)8-7-13-5-3-2-4-6-13/h2-6,12H,7-11,16H2,1H3,(H,18,19). The van der Waals surface area contributed by atoms with Crippen LogP contribution in [0.1, 0.15) is 31.7 Å². The van der Waals surface area contributed by atoms with E-state index >= 15 is 0 Å². The summed E-state index contributed by atoms with van der Waals surface area (Å²) in [5, 5.41) is 9.07. The molecule has 4 heteroatoms. The van der Waals surface area contributed by atoms with E-state index in [-0.39, 0.29) is 11.6 Å². The van der Waals surface area contributed by atoms with E-state index in [1.807, 2.05) is 25.1 Å². The summed E-state index contributed by atoms with van der Waals surface area (Å²) >= 11 is 0. The fourth-order valence-electron chi connectivity index (χ4n) is 2.91. The monoisotopic (exact) mass is 262 g/mol. The van der Waals surface area contributed by atoms with Crippen molar-refractivity contribution in [3.8, 4) is 0 Å². The molecule has 3 N–H and O–H groups in total. The Bertz CT molecular complexity index is 435. The van der Waals surface area contributed by atoms with Crippen LogP contribution in [0, 0.1) is 0 Å². The minimum absolute atomic E-state index is 0.00650. The van der Waals surface area contributed by atoms with Crippen LogP contribution in [0.2, 0.25) is 0 Å². The Morgan fingerprint density at radius 3 is 2.74 bits per heavy atom. The topological polar surface area (TPSA) is 66.6 Å². The van der Waals surface area contributed by atoms with Gasteiger partial charge in [0.1, 0.15) is 0 Å². The third kappa shape index (κ3) is 3.47. The maximum absolute atomic E-state index is 11.0. The Morgan fingerprint density at radius 1 is 1.47 bits per heavy atom. The summed E-state index contributed by atoms with van der Waals surface area (Å²) in [6, 6.07) is 10.3. The summed E-state index contributed by atoms with van der Waals surface area (Å²) in [7, 11) is 0. The van der Waals surface area contributed by atoms with Gasteiger partial charge >= 0.3 is 6.09 Å². The van der Waals surface area contributed by atoms with E-state index in [9.17, 15) is 4.79 Å². The molecule has 1 aliphatic rings. The lowest BCUT2D eigenvalue weighted by molar-refractivity contribution is 0.0849. The molecule has 1 heterocycles. The van der Waals surface area contributed by atoms with Crippen LogP contribution in [0.25, 0.3) is 0 Å². The predicted octanol–water partition coefficient (Wildman–Crippen LogP) is 2.48. The second kappa shape index (κ2) is 5.61. The number of carboxylic acid groups (broad SMARTS) is 1. The van der Waals surface area contributed by atoms with Crippen LogP contribution in [-0.2, 0) is 6.42 Å². The minimum Gasteiger partial charge on any atom is -0.465 e. The Labute approximate surface area is 114 Å². The van der Waals surface area contributed by atoms with E-state index in [1.54, 1.807) is 0 Å². The van der Waals surface area contributed by atoms with E-state index < -0.39 is 6.09 Å². The molecule has 0 aliphatic carbocycles. The number of piperidine rings is 1. The van der Waals surface area contributed by atoms with Crippen LogP contribution in [0.3, 0.4) is 0 Å². The molecule has 0 saturated carbocycles. The Hall–Kier alpha value is -1.55. The molecule has 104 valence electrons. The number of hydrogen-bond donors (Lipinski definition) is 2. The first-order chi connectivity index (χ1) is 9.00. The zero-order valence-corrected chi connectivity index (χ0v) is 11.4. The van der Waals surface area contributed by atoms with Crippen molar-refractivity contribution in [3.63, 3.8) is 0 Å². The molecule has 1 aromatic carbocycles. The van der Waals surface area contributed by atoms with Crippen LogP contribution >= 0.6 is 0 Å². The van der Waals surface area contributed by atoms with Gasteiger partial charge in [-0.3, -0.25) is 0 Å². The first-order valence-electron chi connectivity index (χ1n) is 6.82. The molecule has 1 saturated heterocycles. The number of benzene rings is 1. The van der Waals surface area contributed by atoms with Gasteiger partial charge in [-0.15, -0.1) is 0 Å². The van der Waals surface area contributed by atoms with Gasteiger partial charge < -0.3 is 15.7 Å². The number of carbonyl (C=O) groups is 1. The first kappa shape index (κ1) is 13.9. The third-order valence-electron chi connectivity index (χ3n) is 4.08. The van der Waals surface area contributed by atoms with Gasteiger partial charge in [0.15, 0.2) is 0 Å². The number of nitrogens with zero attached hydrogens (tertiary/aromatic N) is 1. The van der Waals surface area contributed by atoms with E-state index in [1.165, 1.54) is 10.5 Å². The Kier molecular flexibility index (Phi) is 4.10. The molecule has 0 spiro atoms. The number of aryl methyl sites for hydroxylation is 1. The maximum atomic E-state index is 11.0. The van der Waals surface area contributed by atoms with Crippen molar-refractivity contribution in [2.45, 2.75) is 44.2 Å². The van der Waals surface area contributed by atoms with Crippen molar-refractivity contribution in [1.29, 1.82) is 0 Å². The van der Waals surface area contributed by atoms with Crippen LogP contribution < -0.4 is 5.73 Å². The molecule has 2 atom stereocenters. The molecule has 1 amide bonds. The molecule has 1 fully saturated rings. The average Bonchev–Trinajstić information content (AvgIpc) is 2.37. The second-order valence-electron chi connectivity index (χ2n) is 5.63. The second-order valence-corrected chi connectivity index (χ2v) is 5.63. The summed E-state index contributed by atoms with van der Waals surface area (Å²) in [5.41, 5.74) is 7.50. The molecule has 1 aromatic rings. The van der Waals surface area contributed by atoms with Crippen molar-refractivity contribution in [2.24, 2.45) is 5.73 Å². The zero-order valence-electron chi connectivity index (χ0n) is 11.4. The quantitative estimate of drug-likeness (QED) is 0.879. The van der Waals surface area contributed by atoms with Gasteiger partial charge in [0.05, 0.1) is 0 Å². The van der Waals surface area contributed by atoms with Gasteiger partial charge in [0, 0.05) is 18.1 Å². The highest BCUT2D eigenvalue weighted by atomic mass is 16.4. The zero-order chi connectivity index (χ0) is 13.9. The highest BCUT2D eigenvalue weighted by Gasteiger charge is 2.36. The summed E-state index contributed by atoms with van der Waals surface area (Å²) in [4.78, 5) is 12.5. The molecular formula is C15H22N2O2. The molecule has 2 rings (SSSR count). The maximum Gasteiger partial charge on any atom is 0.407 e. The van der Waals surface area contributed by atoms with E-state index in [4.69, 9.17) is 10.8 Å². The normalized spacial score (nSPS) is 27.3. The molecule has 0 aromatic heterocycles. The number of nitrogens with two attached hydrogens (primary N) is 1. The number of amides is 1. The van der Waals surface area contributed by atoms with Crippen molar-refractivity contribution >= 4 is 6.09 Å². The Morgan fingerprint density at radius 2 is 2.16 bits per heavy atom. The van der Waals surface area contributed by atoms with Crippen LogP contribution in [0.15, 0.2) is 30.3 Å². The third-order valence-corrected chi connectivity index (χ3v) is 4.08. The van der Waals surface area contributed by atoms with Crippen LogP contribution in [0.5, 0.6) is 0 Å². The predicted molar refractivity (Wildman–Crippen MR) is 75.1 cm³/mol. The van der Waals surface area contributed by atoms with E-state index in [0.29, 0.717) is 6.54 Å². The van der Waals surface area contributed by atoms with Gasteiger partial charge in [-0.25, -0.2) is 4.79 Å². The molecule has 2 unspecified atom stereocenters. The highest BCUT2D eigenvalue weighted by Crippen LogP contribution is 2.28. The largest absolute Gasteiger partial charge is 0.465 e. The van der Waals surface area contributed by atoms with Gasteiger partial charge in [-0.1, -0.05) is 30.3 Å². The first-order valence-corrected chi connectivity index (χ1v) is 6.82.